The fourth-order valence-electron chi connectivity index (χ4n) is 2.36. The van der Waals surface area contributed by atoms with Crippen molar-refractivity contribution in [2.75, 3.05) is 0 Å². The number of aromatic carboxylic acids is 1. The summed E-state index contributed by atoms with van der Waals surface area (Å²) in [6.07, 6.45) is 0.282. The van der Waals surface area contributed by atoms with Gasteiger partial charge in [-0.05, 0) is 23.8 Å². The smallest absolute Gasteiger partial charge is 0.338 e. The summed E-state index contributed by atoms with van der Waals surface area (Å²) in [4.78, 5) is 15.7. The number of hydrogen-bond donors (Lipinski definition) is 1. The normalized spacial score (nSPS) is 10.7. The number of benzene rings is 2. The Morgan fingerprint density at radius 1 is 1.05 bits per heavy atom. The summed E-state index contributed by atoms with van der Waals surface area (Å²) in [5.41, 5.74) is 1.68. The third-order valence-electron chi connectivity index (χ3n) is 3.34. The lowest BCUT2D eigenvalue weighted by Crippen LogP contribution is -2.07. The topological polar surface area (TPSA) is 50.2 Å². The van der Waals surface area contributed by atoms with E-state index in [1.54, 1.807) is 6.07 Å². The third-order valence-corrected chi connectivity index (χ3v) is 3.34. The van der Waals surface area contributed by atoms with Crippen molar-refractivity contribution in [1.82, 2.24) is 4.98 Å². The quantitative estimate of drug-likeness (QED) is 0.797. The van der Waals surface area contributed by atoms with Gasteiger partial charge in [0.25, 0.3) is 0 Å². The van der Waals surface area contributed by atoms with Crippen molar-refractivity contribution >= 4 is 16.9 Å². The highest BCUT2D eigenvalue weighted by molar-refractivity contribution is 5.89. The predicted molar refractivity (Wildman–Crippen MR) is 77.9 cm³/mol. The van der Waals surface area contributed by atoms with Crippen molar-refractivity contribution < 1.29 is 14.3 Å². The molecule has 0 saturated heterocycles. The van der Waals surface area contributed by atoms with Gasteiger partial charge in [-0.25, -0.2) is 9.18 Å². The Morgan fingerprint density at radius 3 is 2.67 bits per heavy atom. The lowest BCUT2D eigenvalue weighted by atomic mass is 10.0. The van der Waals surface area contributed by atoms with E-state index in [2.05, 4.69) is 4.98 Å². The van der Waals surface area contributed by atoms with Crippen LogP contribution in [-0.2, 0) is 6.42 Å². The molecular weight excluding hydrogens is 269 g/mol. The SMILES string of the molecule is O=C(O)c1c(F)cccc1Cc1ccc2ccccc2n1. The minimum atomic E-state index is -1.26. The summed E-state index contributed by atoms with van der Waals surface area (Å²) >= 11 is 0. The number of carbonyl (C=O) groups is 1. The predicted octanol–water partition coefficient (Wildman–Crippen LogP) is 3.66. The van der Waals surface area contributed by atoms with Gasteiger partial charge in [0.15, 0.2) is 0 Å². The highest BCUT2D eigenvalue weighted by atomic mass is 19.1. The van der Waals surface area contributed by atoms with Gasteiger partial charge < -0.3 is 5.11 Å². The van der Waals surface area contributed by atoms with Gasteiger partial charge in [0, 0.05) is 17.5 Å². The zero-order valence-corrected chi connectivity index (χ0v) is 11.1. The van der Waals surface area contributed by atoms with E-state index in [0.717, 1.165) is 17.0 Å². The molecule has 0 unspecified atom stereocenters. The number of carboxylic acids is 1. The number of halogens is 1. The van der Waals surface area contributed by atoms with Crippen molar-refractivity contribution in [3.63, 3.8) is 0 Å². The van der Waals surface area contributed by atoms with E-state index in [0.29, 0.717) is 11.3 Å². The first-order valence-electron chi connectivity index (χ1n) is 6.50. The monoisotopic (exact) mass is 281 g/mol. The van der Waals surface area contributed by atoms with Crippen molar-refractivity contribution in [2.24, 2.45) is 0 Å². The van der Waals surface area contributed by atoms with Gasteiger partial charge >= 0.3 is 5.97 Å². The second kappa shape index (κ2) is 5.32. The average molecular weight is 281 g/mol. The van der Waals surface area contributed by atoms with Crippen LogP contribution in [0.15, 0.2) is 54.6 Å². The molecule has 1 N–H and O–H groups in total. The van der Waals surface area contributed by atoms with Crippen LogP contribution in [-0.4, -0.2) is 16.1 Å². The van der Waals surface area contributed by atoms with Gasteiger partial charge in [-0.1, -0.05) is 36.4 Å². The van der Waals surface area contributed by atoms with Crippen LogP contribution >= 0.6 is 0 Å². The Labute approximate surface area is 120 Å². The number of pyridine rings is 1. The van der Waals surface area contributed by atoms with E-state index in [9.17, 15) is 9.18 Å². The summed E-state index contributed by atoms with van der Waals surface area (Å²) in [5.74, 6) is -1.98. The standard InChI is InChI=1S/C17H12FNO2/c18-14-6-3-5-12(16(14)17(20)21)10-13-9-8-11-4-1-2-7-15(11)19-13/h1-9H,10H2,(H,20,21). The van der Waals surface area contributed by atoms with Gasteiger partial charge in [-0.15, -0.1) is 0 Å². The molecule has 0 aliphatic rings. The molecule has 0 aliphatic carbocycles. The molecule has 1 heterocycles. The van der Waals surface area contributed by atoms with E-state index in [-0.39, 0.29) is 12.0 Å². The second-order valence-electron chi connectivity index (χ2n) is 4.75. The zero-order valence-electron chi connectivity index (χ0n) is 11.1. The van der Waals surface area contributed by atoms with Gasteiger partial charge in [-0.3, -0.25) is 4.98 Å². The fraction of sp³-hybridized carbons (Fsp3) is 0.0588. The molecule has 0 bridgehead atoms. The van der Waals surface area contributed by atoms with Gasteiger partial charge in [0.2, 0.25) is 0 Å². The Bertz CT molecular complexity index is 830. The molecule has 0 atom stereocenters. The third kappa shape index (κ3) is 2.60. The van der Waals surface area contributed by atoms with Crippen molar-refractivity contribution in [3.8, 4) is 0 Å². The summed E-state index contributed by atoms with van der Waals surface area (Å²) in [5, 5.41) is 10.1. The Morgan fingerprint density at radius 2 is 1.86 bits per heavy atom. The first kappa shape index (κ1) is 13.2. The molecular formula is C17H12FNO2. The minimum absolute atomic E-state index is 0.282. The summed E-state index contributed by atoms with van der Waals surface area (Å²) in [6.45, 7) is 0. The molecule has 21 heavy (non-hydrogen) atoms. The molecule has 2 aromatic carbocycles. The molecule has 3 aromatic rings. The summed E-state index contributed by atoms with van der Waals surface area (Å²) in [6, 6.07) is 15.7. The Kier molecular flexibility index (Phi) is 3.36. The number of aromatic nitrogens is 1. The highest BCUT2D eigenvalue weighted by Gasteiger charge is 2.16. The molecule has 0 saturated carbocycles. The molecule has 3 nitrogen and oxygen atoms in total. The Balaban J connectivity index is 2.02. The molecule has 0 amide bonds. The molecule has 1 aromatic heterocycles. The van der Waals surface area contributed by atoms with Crippen molar-refractivity contribution in [3.05, 3.63) is 77.2 Å². The lowest BCUT2D eigenvalue weighted by molar-refractivity contribution is 0.0691. The van der Waals surface area contributed by atoms with Crippen LogP contribution in [0.3, 0.4) is 0 Å². The summed E-state index contributed by atoms with van der Waals surface area (Å²) in [7, 11) is 0. The van der Waals surface area contributed by atoms with E-state index < -0.39 is 11.8 Å². The average Bonchev–Trinajstić information content (AvgIpc) is 2.47. The Hall–Kier alpha value is -2.75. The first-order valence-corrected chi connectivity index (χ1v) is 6.50. The number of hydrogen-bond acceptors (Lipinski definition) is 2. The number of nitrogens with zero attached hydrogens (tertiary/aromatic N) is 1. The molecule has 104 valence electrons. The van der Waals surface area contributed by atoms with Crippen LogP contribution in [0.1, 0.15) is 21.6 Å². The highest BCUT2D eigenvalue weighted by Crippen LogP contribution is 2.19. The molecule has 0 fully saturated rings. The lowest BCUT2D eigenvalue weighted by Gasteiger charge is -2.07. The molecule has 0 aliphatic heterocycles. The van der Waals surface area contributed by atoms with Gasteiger partial charge in [0.1, 0.15) is 5.82 Å². The number of fused-ring (bicyclic) bond motifs is 1. The minimum Gasteiger partial charge on any atom is -0.478 e. The number of rotatable bonds is 3. The van der Waals surface area contributed by atoms with E-state index in [1.807, 2.05) is 36.4 Å². The number of para-hydroxylation sites is 1. The van der Waals surface area contributed by atoms with E-state index >= 15 is 0 Å². The van der Waals surface area contributed by atoms with Crippen LogP contribution in [0.2, 0.25) is 0 Å². The van der Waals surface area contributed by atoms with E-state index in [4.69, 9.17) is 5.11 Å². The van der Waals surface area contributed by atoms with Crippen molar-refractivity contribution in [1.29, 1.82) is 0 Å². The fourth-order valence-corrected chi connectivity index (χ4v) is 2.36. The summed E-state index contributed by atoms with van der Waals surface area (Å²) < 4.78 is 13.7. The molecule has 3 rings (SSSR count). The molecule has 0 radical (unpaired) electrons. The van der Waals surface area contributed by atoms with Crippen LogP contribution < -0.4 is 0 Å². The van der Waals surface area contributed by atoms with Crippen LogP contribution in [0, 0.1) is 5.82 Å². The largest absolute Gasteiger partial charge is 0.478 e. The zero-order chi connectivity index (χ0) is 14.8. The maximum Gasteiger partial charge on any atom is 0.338 e. The molecule has 0 spiro atoms. The van der Waals surface area contributed by atoms with Gasteiger partial charge in [0.05, 0.1) is 11.1 Å². The maximum atomic E-state index is 13.7. The van der Waals surface area contributed by atoms with Crippen molar-refractivity contribution in [2.45, 2.75) is 6.42 Å². The van der Waals surface area contributed by atoms with Crippen LogP contribution in [0.25, 0.3) is 10.9 Å². The van der Waals surface area contributed by atoms with Crippen LogP contribution in [0.4, 0.5) is 4.39 Å². The van der Waals surface area contributed by atoms with Crippen LogP contribution in [0.5, 0.6) is 0 Å². The molecule has 4 heteroatoms. The van der Waals surface area contributed by atoms with E-state index in [1.165, 1.54) is 6.07 Å². The number of carboxylic acid groups (broad SMARTS) is 1. The van der Waals surface area contributed by atoms with Gasteiger partial charge in [-0.2, -0.15) is 0 Å². The second-order valence-corrected chi connectivity index (χ2v) is 4.75. The maximum absolute atomic E-state index is 13.7. The first-order chi connectivity index (χ1) is 10.1.